The van der Waals surface area contributed by atoms with Crippen LogP contribution in [-0.4, -0.2) is 14.4 Å². The van der Waals surface area contributed by atoms with Gasteiger partial charge in [-0.05, 0) is 41.1 Å². The van der Waals surface area contributed by atoms with E-state index in [0.717, 1.165) is 5.92 Å². The van der Waals surface area contributed by atoms with Crippen LogP contribution in [0.1, 0.15) is 45.4 Å². The third kappa shape index (κ3) is 2.76. The minimum Gasteiger partial charge on any atom is -0.404 e. The summed E-state index contributed by atoms with van der Waals surface area (Å²) in [5.74, 6) is 0.781. The monoisotopic (exact) mass is 336 g/mol. The lowest BCUT2D eigenvalue weighted by molar-refractivity contribution is 0.123. The molecule has 1 heterocycles. The summed E-state index contributed by atoms with van der Waals surface area (Å²) in [6, 6.07) is 22.2. The highest BCUT2D eigenvalue weighted by molar-refractivity contribution is 6.98. The number of rotatable bonds is 3. The molecule has 0 amide bonds. The van der Waals surface area contributed by atoms with E-state index in [2.05, 4.69) is 67.6 Å². The Morgan fingerprint density at radius 3 is 1.88 bits per heavy atom. The van der Waals surface area contributed by atoms with Gasteiger partial charge in [0.15, 0.2) is 0 Å². The molecule has 2 atom stereocenters. The lowest BCUT2D eigenvalue weighted by Gasteiger charge is -2.33. The van der Waals surface area contributed by atoms with Crippen molar-refractivity contribution in [2.75, 3.05) is 0 Å². The first-order chi connectivity index (χ1) is 11.8. The van der Waals surface area contributed by atoms with Gasteiger partial charge < -0.3 is 4.43 Å². The Morgan fingerprint density at radius 2 is 1.33 bits per heavy atom. The first-order valence-electron chi connectivity index (χ1n) is 9.59. The van der Waals surface area contributed by atoms with Gasteiger partial charge in [0.1, 0.15) is 0 Å². The Balaban J connectivity index is 1.74. The molecule has 0 spiro atoms. The van der Waals surface area contributed by atoms with E-state index in [0.29, 0.717) is 11.6 Å². The van der Waals surface area contributed by atoms with Gasteiger partial charge in [-0.2, -0.15) is 0 Å². The molecule has 126 valence electrons. The first kappa shape index (κ1) is 16.1. The van der Waals surface area contributed by atoms with Crippen LogP contribution in [-0.2, 0) is 4.43 Å². The lowest BCUT2D eigenvalue weighted by Crippen LogP contribution is -2.61. The molecule has 1 saturated heterocycles. The van der Waals surface area contributed by atoms with Crippen LogP contribution in [0.3, 0.4) is 0 Å². The highest BCUT2D eigenvalue weighted by Gasteiger charge is 2.53. The van der Waals surface area contributed by atoms with Crippen LogP contribution in [0.4, 0.5) is 0 Å². The summed E-state index contributed by atoms with van der Waals surface area (Å²) in [5, 5.41) is 2.89. The molecule has 0 N–H and O–H groups in total. The van der Waals surface area contributed by atoms with Gasteiger partial charge in [-0.15, -0.1) is 0 Å². The number of hydrogen-bond acceptors (Lipinski definition) is 1. The normalized spacial score (nSPS) is 27.2. The Morgan fingerprint density at radius 1 is 0.792 bits per heavy atom. The molecule has 4 rings (SSSR count). The van der Waals surface area contributed by atoms with Gasteiger partial charge in [0.2, 0.25) is 0 Å². The zero-order valence-corrected chi connectivity index (χ0v) is 15.7. The molecule has 2 aromatic rings. The second-order valence-electron chi connectivity index (χ2n) is 7.66. The van der Waals surface area contributed by atoms with Crippen molar-refractivity contribution in [1.29, 1.82) is 0 Å². The molecule has 1 saturated carbocycles. The van der Waals surface area contributed by atoms with Crippen molar-refractivity contribution >= 4 is 18.7 Å². The van der Waals surface area contributed by atoms with Crippen molar-refractivity contribution in [2.45, 2.75) is 57.1 Å². The highest BCUT2D eigenvalue weighted by Crippen LogP contribution is 2.43. The standard InChI is InChI=1S/C22H28OSi/c1-18-17-22(19-11-5-2-6-12-19)23-24(18,20-13-7-3-8-14-20)21-15-9-4-10-16-21/h3-4,7-10,13-16,18-19,22H,2,5-6,11-12,17H2,1H3/t18-,22+/m1/s1. The Kier molecular flexibility index (Phi) is 4.60. The van der Waals surface area contributed by atoms with Crippen LogP contribution >= 0.6 is 0 Å². The molecule has 0 radical (unpaired) electrons. The van der Waals surface area contributed by atoms with Gasteiger partial charge in [-0.1, -0.05) is 86.8 Å². The van der Waals surface area contributed by atoms with Crippen molar-refractivity contribution < 1.29 is 4.43 Å². The van der Waals surface area contributed by atoms with Gasteiger partial charge in [-0.25, -0.2) is 0 Å². The quantitative estimate of drug-likeness (QED) is 0.750. The fraction of sp³-hybridized carbons (Fsp3) is 0.455. The zero-order chi connectivity index (χ0) is 16.4. The van der Waals surface area contributed by atoms with Crippen LogP contribution in [0.5, 0.6) is 0 Å². The van der Waals surface area contributed by atoms with Crippen LogP contribution in [0, 0.1) is 5.92 Å². The Hall–Kier alpha value is -1.38. The van der Waals surface area contributed by atoms with Gasteiger partial charge in [-0.3, -0.25) is 0 Å². The fourth-order valence-corrected chi connectivity index (χ4v) is 9.64. The lowest BCUT2D eigenvalue weighted by atomic mass is 9.84. The molecule has 1 aliphatic heterocycles. The van der Waals surface area contributed by atoms with E-state index in [9.17, 15) is 0 Å². The molecule has 2 aromatic carbocycles. The minimum atomic E-state index is -2.13. The summed E-state index contributed by atoms with van der Waals surface area (Å²) in [7, 11) is -2.13. The fourth-order valence-electron chi connectivity index (χ4n) is 4.96. The van der Waals surface area contributed by atoms with E-state index in [1.807, 2.05) is 0 Å². The summed E-state index contributed by atoms with van der Waals surface area (Å²) < 4.78 is 7.11. The molecule has 2 heteroatoms. The van der Waals surface area contributed by atoms with Crippen LogP contribution in [0.25, 0.3) is 0 Å². The summed E-state index contributed by atoms with van der Waals surface area (Å²) in [6.45, 7) is 2.44. The molecular formula is C22H28OSi. The van der Waals surface area contributed by atoms with Gasteiger partial charge in [0, 0.05) is 6.10 Å². The minimum absolute atomic E-state index is 0.465. The van der Waals surface area contributed by atoms with Crippen LogP contribution in [0.15, 0.2) is 60.7 Å². The maximum absolute atomic E-state index is 7.11. The molecule has 0 unspecified atom stereocenters. The third-order valence-electron chi connectivity index (χ3n) is 6.20. The van der Waals surface area contributed by atoms with Crippen molar-refractivity contribution in [2.24, 2.45) is 5.92 Å². The summed E-state index contributed by atoms with van der Waals surface area (Å²) in [4.78, 5) is 0. The average Bonchev–Trinajstić information content (AvgIpc) is 3.02. The molecule has 1 nitrogen and oxygen atoms in total. The number of benzene rings is 2. The second-order valence-corrected chi connectivity index (χ2v) is 11.5. The van der Waals surface area contributed by atoms with Crippen LogP contribution < -0.4 is 10.4 Å². The van der Waals surface area contributed by atoms with Crippen LogP contribution in [0.2, 0.25) is 5.54 Å². The Bertz CT molecular complexity index is 609. The van der Waals surface area contributed by atoms with E-state index in [1.165, 1.54) is 48.9 Å². The average molecular weight is 337 g/mol. The molecule has 2 fully saturated rings. The summed E-state index contributed by atoms with van der Waals surface area (Å²) in [6.07, 6.45) is 8.64. The second kappa shape index (κ2) is 6.85. The molecule has 0 bridgehead atoms. The van der Waals surface area contributed by atoms with Crippen molar-refractivity contribution in [3.63, 3.8) is 0 Å². The number of hydrogen-bond donors (Lipinski definition) is 0. The van der Waals surface area contributed by atoms with Gasteiger partial charge >= 0.3 is 0 Å². The van der Waals surface area contributed by atoms with E-state index in [-0.39, 0.29) is 0 Å². The molecule has 0 aromatic heterocycles. The molecule has 2 aliphatic rings. The van der Waals surface area contributed by atoms with Crippen molar-refractivity contribution in [3.05, 3.63) is 60.7 Å². The molecule has 24 heavy (non-hydrogen) atoms. The summed E-state index contributed by atoms with van der Waals surface area (Å²) in [5.41, 5.74) is 0.634. The predicted molar refractivity (Wildman–Crippen MR) is 103 cm³/mol. The highest BCUT2D eigenvalue weighted by atomic mass is 28.4. The first-order valence-corrected chi connectivity index (χ1v) is 11.6. The maximum Gasteiger partial charge on any atom is 0.259 e. The summed E-state index contributed by atoms with van der Waals surface area (Å²) >= 11 is 0. The predicted octanol–water partition coefficient (Wildman–Crippen LogP) is 4.51. The van der Waals surface area contributed by atoms with E-state index in [4.69, 9.17) is 4.43 Å². The van der Waals surface area contributed by atoms with Crippen molar-refractivity contribution in [1.82, 2.24) is 0 Å². The van der Waals surface area contributed by atoms with Gasteiger partial charge in [0.05, 0.1) is 0 Å². The zero-order valence-electron chi connectivity index (χ0n) is 14.7. The smallest absolute Gasteiger partial charge is 0.259 e. The van der Waals surface area contributed by atoms with Crippen molar-refractivity contribution in [3.8, 4) is 0 Å². The van der Waals surface area contributed by atoms with E-state index in [1.54, 1.807) is 0 Å². The molecule has 1 aliphatic carbocycles. The Labute approximate surface area is 147 Å². The van der Waals surface area contributed by atoms with E-state index < -0.39 is 8.32 Å². The van der Waals surface area contributed by atoms with Gasteiger partial charge in [0.25, 0.3) is 8.32 Å². The maximum atomic E-state index is 7.11. The third-order valence-corrected chi connectivity index (χ3v) is 10.9. The van der Waals surface area contributed by atoms with E-state index >= 15 is 0 Å². The molecular weight excluding hydrogens is 308 g/mol. The SMILES string of the molecule is C[C@@H]1C[C@@H](C2CCCCC2)O[Si]1(c1ccccc1)c1ccccc1. The largest absolute Gasteiger partial charge is 0.404 e. The topological polar surface area (TPSA) is 9.23 Å².